The first-order chi connectivity index (χ1) is 9.60. The molecule has 0 aliphatic heterocycles. The Bertz CT molecular complexity index is 354. The van der Waals surface area contributed by atoms with E-state index < -0.39 is 0 Å². The maximum absolute atomic E-state index is 13.1. The molecule has 2 unspecified atom stereocenters. The van der Waals surface area contributed by atoms with Crippen molar-refractivity contribution < 1.29 is 4.39 Å². The molecule has 0 bridgehead atoms. The molecule has 114 valence electrons. The zero-order valence-corrected chi connectivity index (χ0v) is 13.1. The molecule has 0 aliphatic carbocycles. The third-order valence-electron chi connectivity index (χ3n) is 3.70. The maximum Gasteiger partial charge on any atom is 0.123 e. The highest BCUT2D eigenvalue weighted by Gasteiger charge is 2.23. The van der Waals surface area contributed by atoms with Crippen LogP contribution in [0.2, 0.25) is 0 Å². The van der Waals surface area contributed by atoms with E-state index in [0.29, 0.717) is 0 Å². The molecular formula is C17H29FN2. The van der Waals surface area contributed by atoms with Crippen LogP contribution in [0.15, 0.2) is 24.3 Å². The van der Waals surface area contributed by atoms with Gasteiger partial charge in [-0.05, 0) is 50.6 Å². The minimum atomic E-state index is -0.189. The van der Waals surface area contributed by atoms with Crippen molar-refractivity contribution in [3.63, 3.8) is 0 Å². The molecule has 20 heavy (non-hydrogen) atoms. The second-order valence-corrected chi connectivity index (χ2v) is 5.60. The molecule has 0 aliphatic rings. The van der Waals surface area contributed by atoms with E-state index in [1.165, 1.54) is 37.8 Å². The van der Waals surface area contributed by atoms with Gasteiger partial charge in [0.25, 0.3) is 0 Å². The second-order valence-electron chi connectivity index (χ2n) is 5.60. The average Bonchev–Trinajstić information content (AvgIpc) is 2.43. The fourth-order valence-electron chi connectivity index (χ4n) is 2.62. The van der Waals surface area contributed by atoms with Crippen molar-refractivity contribution in [3.8, 4) is 0 Å². The molecule has 0 saturated heterocycles. The molecule has 0 aromatic heterocycles. The molecule has 0 spiro atoms. The lowest BCUT2D eigenvalue weighted by Gasteiger charge is -2.34. The molecule has 0 fully saturated rings. The summed E-state index contributed by atoms with van der Waals surface area (Å²) in [6, 6.07) is 7.01. The number of hydrogen-bond donors (Lipinski definition) is 1. The van der Waals surface area contributed by atoms with Crippen LogP contribution in [-0.2, 0) is 0 Å². The molecular weight excluding hydrogens is 251 g/mol. The van der Waals surface area contributed by atoms with Crippen molar-refractivity contribution >= 4 is 0 Å². The smallest absolute Gasteiger partial charge is 0.123 e. The molecule has 0 radical (unpaired) electrons. The molecule has 2 N–H and O–H groups in total. The van der Waals surface area contributed by atoms with E-state index in [4.69, 9.17) is 5.73 Å². The van der Waals surface area contributed by atoms with Crippen LogP contribution < -0.4 is 5.73 Å². The Morgan fingerprint density at radius 1 is 1.05 bits per heavy atom. The summed E-state index contributed by atoms with van der Waals surface area (Å²) < 4.78 is 13.1. The van der Waals surface area contributed by atoms with Gasteiger partial charge in [0.05, 0.1) is 0 Å². The van der Waals surface area contributed by atoms with Crippen molar-refractivity contribution in [2.75, 3.05) is 13.1 Å². The third-order valence-corrected chi connectivity index (χ3v) is 3.70. The highest BCUT2D eigenvalue weighted by atomic mass is 19.1. The van der Waals surface area contributed by atoms with Crippen molar-refractivity contribution in [2.24, 2.45) is 5.73 Å². The van der Waals surface area contributed by atoms with Crippen molar-refractivity contribution in [2.45, 2.75) is 58.5 Å². The number of unbranched alkanes of at least 4 members (excludes halogenated alkanes) is 2. The Balaban J connectivity index is 2.90. The fraction of sp³-hybridized carbons (Fsp3) is 0.647. The number of halogens is 1. The van der Waals surface area contributed by atoms with Crippen molar-refractivity contribution in [1.82, 2.24) is 4.90 Å². The summed E-state index contributed by atoms with van der Waals surface area (Å²) in [6.45, 7) is 8.56. The van der Waals surface area contributed by atoms with Crippen LogP contribution in [0.3, 0.4) is 0 Å². The van der Waals surface area contributed by atoms with Gasteiger partial charge in [0.2, 0.25) is 0 Å². The van der Waals surface area contributed by atoms with E-state index in [1.807, 2.05) is 19.1 Å². The fourth-order valence-corrected chi connectivity index (χ4v) is 2.62. The Labute approximate surface area is 123 Å². The van der Waals surface area contributed by atoms with E-state index in [2.05, 4.69) is 18.7 Å². The van der Waals surface area contributed by atoms with E-state index in [1.54, 1.807) is 0 Å². The largest absolute Gasteiger partial charge is 0.326 e. The van der Waals surface area contributed by atoms with Gasteiger partial charge in [-0.25, -0.2) is 4.39 Å². The lowest BCUT2D eigenvalue weighted by Crippen LogP contribution is -2.40. The average molecular weight is 280 g/mol. The Kier molecular flexibility index (Phi) is 7.78. The van der Waals surface area contributed by atoms with Crippen LogP contribution >= 0.6 is 0 Å². The van der Waals surface area contributed by atoms with Gasteiger partial charge in [0, 0.05) is 12.1 Å². The number of nitrogens with zero attached hydrogens (tertiary/aromatic N) is 1. The van der Waals surface area contributed by atoms with E-state index in [0.717, 1.165) is 18.7 Å². The molecule has 1 aromatic rings. The summed E-state index contributed by atoms with van der Waals surface area (Å²) in [5.41, 5.74) is 7.33. The minimum Gasteiger partial charge on any atom is -0.326 e. The van der Waals surface area contributed by atoms with Gasteiger partial charge < -0.3 is 5.73 Å². The van der Waals surface area contributed by atoms with Crippen LogP contribution in [0.1, 0.15) is 58.1 Å². The Hall–Kier alpha value is -0.930. The first-order valence-corrected chi connectivity index (χ1v) is 7.85. The standard InChI is InChI=1S/C17H29FN2/c1-4-6-12-20(13-7-5-2)17(14(3)19)15-8-10-16(18)11-9-15/h8-11,14,17H,4-7,12-13,19H2,1-3H3. The molecule has 2 atom stereocenters. The summed E-state index contributed by atoms with van der Waals surface area (Å²) >= 11 is 0. The van der Waals surface area contributed by atoms with Gasteiger partial charge >= 0.3 is 0 Å². The topological polar surface area (TPSA) is 29.3 Å². The molecule has 1 aromatic carbocycles. The lowest BCUT2D eigenvalue weighted by molar-refractivity contribution is 0.171. The molecule has 2 nitrogen and oxygen atoms in total. The van der Waals surface area contributed by atoms with Gasteiger partial charge in [0.15, 0.2) is 0 Å². The Morgan fingerprint density at radius 2 is 1.55 bits per heavy atom. The van der Waals surface area contributed by atoms with Crippen LogP contribution in [-0.4, -0.2) is 24.0 Å². The maximum atomic E-state index is 13.1. The van der Waals surface area contributed by atoms with E-state index in [-0.39, 0.29) is 17.9 Å². The van der Waals surface area contributed by atoms with Gasteiger partial charge in [-0.3, -0.25) is 4.90 Å². The van der Waals surface area contributed by atoms with Crippen LogP contribution in [0.25, 0.3) is 0 Å². The highest BCUT2D eigenvalue weighted by Crippen LogP contribution is 2.25. The zero-order valence-electron chi connectivity index (χ0n) is 13.1. The van der Waals surface area contributed by atoms with Crippen LogP contribution in [0.4, 0.5) is 4.39 Å². The van der Waals surface area contributed by atoms with E-state index in [9.17, 15) is 4.39 Å². The van der Waals surface area contributed by atoms with E-state index >= 15 is 0 Å². The second kappa shape index (κ2) is 9.09. The van der Waals surface area contributed by atoms with Gasteiger partial charge in [0.1, 0.15) is 5.82 Å². The number of benzene rings is 1. The first kappa shape index (κ1) is 17.1. The molecule has 1 rings (SSSR count). The summed E-state index contributed by atoms with van der Waals surface area (Å²) in [5, 5.41) is 0. The van der Waals surface area contributed by atoms with Crippen molar-refractivity contribution in [1.29, 1.82) is 0 Å². The highest BCUT2D eigenvalue weighted by molar-refractivity contribution is 5.21. The monoisotopic (exact) mass is 280 g/mol. The molecule has 0 heterocycles. The zero-order chi connectivity index (χ0) is 15.0. The predicted octanol–water partition coefficient (Wildman–Crippen LogP) is 4.12. The Morgan fingerprint density at radius 3 is 1.95 bits per heavy atom. The number of hydrogen-bond acceptors (Lipinski definition) is 2. The minimum absolute atomic E-state index is 0.0363. The quantitative estimate of drug-likeness (QED) is 0.737. The van der Waals surface area contributed by atoms with Crippen LogP contribution in [0.5, 0.6) is 0 Å². The summed E-state index contributed by atoms with van der Waals surface area (Å²) in [6.07, 6.45) is 4.71. The first-order valence-electron chi connectivity index (χ1n) is 7.85. The summed E-state index contributed by atoms with van der Waals surface area (Å²) in [5.74, 6) is -0.189. The lowest BCUT2D eigenvalue weighted by atomic mass is 9.98. The molecule has 0 saturated carbocycles. The summed E-state index contributed by atoms with van der Waals surface area (Å²) in [4.78, 5) is 2.46. The predicted molar refractivity (Wildman–Crippen MR) is 84.2 cm³/mol. The summed E-state index contributed by atoms with van der Waals surface area (Å²) in [7, 11) is 0. The SMILES string of the molecule is CCCCN(CCCC)C(c1ccc(F)cc1)C(C)N. The van der Waals surface area contributed by atoms with Gasteiger partial charge in [-0.2, -0.15) is 0 Å². The third kappa shape index (κ3) is 5.22. The van der Waals surface area contributed by atoms with Gasteiger partial charge in [-0.1, -0.05) is 38.8 Å². The molecule has 3 heteroatoms. The van der Waals surface area contributed by atoms with Crippen LogP contribution in [0, 0.1) is 5.82 Å². The number of rotatable bonds is 9. The molecule has 0 amide bonds. The van der Waals surface area contributed by atoms with Gasteiger partial charge in [-0.15, -0.1) is 0 Å². The number of nitrogens with two attached hydrogens (primary N) is 1. The normalized spacial score (nSPS) is 14.5. The van der Waals surface area contributed by atoms with Crippen molar-refractivity contribution in [3.05, 3.63) is 35.6 Å².